The Morgan fingerprint density at radius 2 is 2.17 bits per heavy atom. The Morgan fingerprint density at radius 3 is 3.00 bits per heavy atom. The number of rotatable bonds is 5. The Kier molecular flexibility index (Phi) is 4.45. The van der Waals surface area contributed by atoms with Crippen LogP contribution in [0.25, 0.3) is 10.6 Å². The molecule has 0 amide bonds. The number of hydrogen-bond donors (Lipinski definition) is 0. The van der Waals surface area contributed by atoms with Gasteiger partial charge < -0.3 is 0 Å². The van der Waals surface area contributed by atoms with E-state index in [-0.39, 0.29) is 0 Å². The van der Waals surface area contributed by atoms with Crippen LogP contribution in [0.2, 0.25) is 0 Å². The quantitative estimate of drug-likeness (QED) is 0.706. The SMILES string of the molecule is Cc1ccccc1-c1ncc(CN2CCCC2Cn2cccn2)s1. The van der Waals surface area contributed by atoms with Crippen LogP contribution in [0.15, 0.2) is 48.9 Å². The van der Waals surface area contributed by atoms with E-state index >= 15 is 0 Å². The fraction of sp³-hybridized carbons (Fsp3) is 0.368. The van der Waals surface area contributed by atoms with Gasteiger partial charge in [-0.2, -0.15) is 5.10 Å². The molecule has 3 aromatic rings. The van der Waals surface area contributed by atoms with Crippen LogP contribution in [-0.4, -0.2) is 32.3 Å². The van der Waals surface area contributed by atoms with Crippen molar-refractivity contribution in [3.8, 4) is 10.6 Å². The van der Waals surface area contributed by atoms with Crippen molar-refractivity contribution in [2.24, 2.45) is 0 Å². The zero-order valence-corrected chi connectivity index (χ0v) is 14.7. The van der Waals surface area contributed by atoms with Gasteiger partial charge in [0.15, 0.2) is 0 Å². The molecule has 1 atom stereocenters. The number of hydrogen-bond acceptors (Lipinski definition) is 4. The molecule has 4 nitrogen and oxygen atoms in total. The van der Waals surface area contributed by atoms with Crippen LogP contribution in [0.1, 0.15) is 23.3 Å². The van der Waals surface area contributed by atoms with Crippen molar-refractivity contribution in [2.45, 2.75) is 38.9 Å². The first-order valence-corrected chi connectivity index (χ1v) is 9.33. The maximum absolute atomic E-state index is 4.66. The van der Waals surface area contributed by atoms with Gasteiger partial charge >= 0.3 is 0 Å². The molecule has 0 aliphatic carbocycles. The van der Waals surface area contributed by atoms with Crippen molar-refractivity contribution in [3.05, 3.63) is 59.4 Å². The van der Waals surface area contributed by atoms with Gasteiger partial charge in [-0.1, -0.05) is 24.3 Å². The first-order chi connectivity index (χ1) is 11.8. The van der Waals surface area contributed by atoms with Crippen LogP contribution >= 0.6 is 11.3 Å². The van der Waals surface area contributed by atoms with Gasteiger partial charge in [0.1, 0.15) is 5.01 Å². The number of aromatic nitrogens is 3. The van der Waals surface area contributed by atoms with Gasteiger partial charge in [0.25, 0.3) is 0 Å². The molecule has 3 heterocycles. The molecular weight excluding hydrogens is 316 g/mol. The van der Waals surface area contributed by atoms with Gasteiger partial charge in [-0.15, -0.1) is 11.3 Å². The summed E-state index contributed by atoms with van der Waals surface area (Å²) in [5, 5.41) is 5.49. The number of likely N-dealkylation sites (tertiary alicyclic amines) is 1. The van der Waals surface area contributed by atoms with E-state index in [0.717, 1.165) is 18.1 Å². The smallest absolute Gasteiger partial charge is 0.123 e. The largest absolute Gasteiger partial charge is 0.293 e. The number of aryl methyl sites for hydroxylation is 1. The standard InChI is InChI=1S/C19H22N4S/c1-15-6-2-3-8-18(15)19-20-12-17(24-19)14-22-10-4-7-16(22)13-23-11-5-9-21-23/h2-3,5-6,8-9,11-12,16H,4,7,10,13-14H2,1H3. The monoisotopic (exact) mass is 338 g/mol. The van der Waals surface area contributed by atoms with E-state index in [2.05, 4.69) is 63.2 Å². The average molecular weight is 338 g/mol. The fourth-order valence-corrected chi connectivity index (χ4v) is 4.48. The number of nitrogens with zero attached hydrogens (tertiary/aromatic N) is 4. The molecule has 0 spiro atoms. The summed E-state index contributed by atoms with van der Waals surface area (Å²) in [6, 6.07) is 11.1. The van der Waals surface area contributed by atoms with E-state index in [1.165, 1.54) is 35.4 Å². The molecule has 5 heteroatoms. The Bertz CT molecular complexity index is 793. The predicted molar refractivity (Wildman–Crippen MR) is 97.9 cm³/mol. The highest BCUT2D eigenvalue weighted by atomic mass is 32.1. The summed E-state index contributed by atoms with van der Waals surface area (Å²) in [5.74, 6) is 0. The third-order valence-corrected chi connectivity index (χ3v) is 5.76. The third kappa shape index (κ3) is 3.28. The molecule has 0 N–H and O–H groups in total. The molecule has 1 aliphatic rings. The number of thiazole rings is 1. The highest BCUT2D eigenvalue weighted by molar-refractivity contribution is 7.15. The zero-order chi connectivity index (χ0) is 16.4. The third-order valence-electron chi connectivity index (χ3n) is 4.74. The molecule has 0 saturated carbocycles. The predicted octanol–water partition coefficient (Wildman–Crippen LogP) is 3.98. The molecule has 1 aliphatic heterocycles. The Balaban J connectivity index is 1.46. The lowest BCUT2D eigenvalue weighted by atomic mass is 10.1. The van der Waals surface area contributed by atoms with Crippen molar-refractivity contribution >= 4 is 11.3 Å². The summed E-state index contributed by atoms with van der Waals surface area (Å²) in [7, 11) is 0. The van der Waals surface area contributed by atoms with Crippen molar-refractivity contribution in [1.82, 2.24) is 19.7 Å². The minimum Gasteiger partial charge on any atom is -0.293 e. The van der Waals surface area contributed by atoms with Gasteiger partial charge in [-0.3, -0.25) is 9.58 Å². The molecule has 4 rings (SSSR count). The Morgan fingerprint density at radius 1 is 1.25 bits per heavy atom. The zero-order valence-electron chi connectivity index (χ0n) is 13.9. The molecule has 2 aromatic heterocycles. The summed E-state index contributed by atoms with van der Waals surface area (Å²) in [6.07, 6.45) is 8.49. The van der Waals surface area contributed by atoms with E-state index in [4.69, 9.17) is 0 Å². The molecule has 1 unspecified atom stereocenters. The highest BCUT2D eigenvalue weighted by Gasteiger charge is 2.25. The molecule has 124 valence electrons. The summed E-state index contributed by atoms with van der Waals surface area (Å²) >= 11 is 1.82. The lowest BCUT2D eigenvalue weighted by molar-refractivity contribution is 0.221. The summed E-state index contributed by atoms with van der Waals surface area (Å²) in [5.41, 5.74) is 2.54. The molecule has 1 fully saturated rings. The lowest BCUT2D eigenvalue weighted by Gasteiger charge is -2.23. The number of benzene rings is 1. The first kappa shape index (κ1) is 15.5. The second-order valence-corrected chi connectivity index (χ2v) is 7.56. The molecule has 0 bridgehead atoms. The maximum Gasteiger partial charge on any atom is 0.123 e. The van der Waals surface area contributed by atoms with Crippen molar-refractivity contribution in [2.75, 3.05) is 6.54 Å². The van der Waals surface area contributed by atoms with Gasteiger partial charge in [0, 0.05) is 41.6 Å². The van der Waals surface area contributed by atoms with E-state index < -0.39 is 0 Å². The Hall–Kier alpha value is -1.98. The molecular formula is C19H22N4S. The van der Waals surface area contributed by atoms with Gasteiger partial charge in [0.05, 0.1) is 6.54 Å². The van der Waals surface area contributed by atoms with Crippen molar-refractivity contribution in [3.63, 3.8) is 0 Å². The van der Waals surface area contributed by atoms with Gasteiger partial charge in [0.2, 0.25) is 0 Å². The molecule has 1 saturated heterocycles. The minimum atomic E-state index is 0.578. The van der Waals surface area contributed by atoms with Crippen molar-refractivity contribution < 1.29 is 0 Å². The van der Waals surface area contributed by atoms with Gasteiger partial charge in [-0.25, -0.2) is 4.98 Å². The van der Waals surface area contributed by atoms with Crippen LogP contribution in [0.5, 0.6) is 0 Å². The van der Waals surface area contributed by atoms with E-state index in [9.17, 15) is 0 Å². The van der Waals surface area contributed by atoms with Crippen molar-refractivity contribution in [1.29, 1.82) is 0 Å². The van der Waals surface area contributed by atoms with Crippen LogP contribution in [0.4, 0.5) is 0 Å². The Labute approximate surface area is 146 Å². The minimum absolute atomic E-state index is 0.578. The van der Waals surface area contributed by atoms with Crippen LogP contribution in [0, 0.1) is 6.92 Å². The fourth-order valence-electron chi connectivity index (χ4n) is 3.45. The van der Waals surface area contributed by atoms with E-state index in [1.54, 1.807) is 0 Å². The molecule has 1 aromatic carbocycles. The first-order valence-electron chi connectivity index (χ1n) is 8.52. The van der Waals surface area contributed by atoms with Crippen LogP contribution < -0.4 is 0 Å². The molecule has 24 heavy (non-hydrogen) atoms. The summed E-state index contributed by atoms with van der Waals surface area (Å²) in [4.78, 5) is 8.59. The summed E-state index contributed by atoms with van der Waals surface area (Å²) < 4.78 is 2.05. The van der Waals surface area contributed by atoms with E-state index in [1.807, 2.05) is 23.6 Å². The van der Waals surface area contributed by atoms with Crippen LogP contribution in [-0.2, 0) is 13.1 Å². The van der Waals surface area contributed by atoms with E-state index in [0.29, 0.717) is 6.04 Å². The topological polar surface area (TPSA) is 34.0 Å². The molecule has 0 radical (unpaired) electrons. The average Bonchev–Trinajstić information content (AvgIpc) is 3.32. The summed E-state index contributed by atoms with van der Waals surface area (Å²) in [6.45, 7) is 5.30. The second-order valence-electron chi connectivity index (χ2n) is 6.44. The normalized spacial score (nSPS) is 18.3. The lowest BCUT2D eigenvalue weighted by Crippen LogP contribution is -2.32. The second kappa shape index (κ2) is 6.87. The van der Waals surface area contributed by atoms with Crippen LogP contribution in [0.3, 0.4) is 0 Å². The van der Waals surface area contributed by atoms with Gasteiger partial charge in [-0.05, 0) is 37.9 Å². The highest BCUT2D eigenvalue weighted by Crippen LogP contribution is 2.30. The maximum atomic E-state index is 4.66.